The van der Waals surface area contributed by atoms with Crippen LogP contribution in [0.15, 0.2) is 53.2 Å². The predicted octanol–water partition coefficient (Wildman–Crippen LogP) is 3.34. The Morgan fingerprint density at radius 3 is 2.32 bits per heavy atom. The molecule has 0 bridgehead atoms. The first-order chi connectivity index (χ1) is 12.2. The van der Waals surface area contributed by atoms with Gasteiger partial charge in [0.15, 0.2) is 11.6 Å². The van der Waals surface area contributed by atoms with Crippen LogP contribution in [0.2, 0.25) is 0 Å². The average molecular weight is 338 g/mol. The first-order valence-electron chi connectivity index (χ1n) is 7.27. The summed E-state index contributed by atoms with van der Waals surface area (Å²) in [5.74, 6) is 0.158. The van der Waals surface area contributed by atoms with E-state index < -0.39 is 5.82 Å². The number of phenols is 1. The van der Waals surface area contributed by atoms with Crippen LogP contribution in [0.4, 0.5) is 27.4 Å². The standard InChI is InChI=1S/C16H11FN6O2/c17-11-6-1-2-7-12(11)19-14-13(18-9-4-3-5-10(24)8-9)20-15-16(21-14)23-25-22-15/h1-8,24H,(H,18,20,22)(H,19,21,23). The first-order valence-corrected chi connectivity index (χ1v) is 7.27. The summed E-state index contributed by atoms with van der Waals surface area (Å²) in [4.78, 5) is 8.54. The van der Waals surface area contributed by atoms with E-state index in [1.165, 1.54) is 12.1 Å². The molecule has 0 fully saturated rings. The van der Waals surface area contributed by atoms with Crippen LogP contribution >= 0.6 is 0 Å². The fraction of sp³-hybridized carbons (Fsp3) is 0. The molecule has 9 heteroatoms. The number of phenolic OH excluding ortho intramolecular Hbond substituents is 1. The lowest BCUT2D eigenvalue weighted by molar-refractivity contribution is 0.314. The van der Waals surface area contributed by atoms with Crippen LogP contribution < -0.4 is 10.6 Å². The number of hydrogen-bond acceptors (Lipinski definition) is 8. The molecule has 3 N–H and O–H groups in total. The molecule has 0 aliphatic heterocycles. The highest BCUT2D eigenvalue weighted by Crippen LogP contribution is 2.28. The number of rotatable bonds is 4. The van der Waals surface area contributed by atoms with Crippen LogP contribution in [0.3, 0.4) is 0 Å². The Bertz CT molecular complexity index is 1050. The molecule has 4 aromatic rings. The normalized spacial score (nSPS) is 10.8. The lowest BCUT2D eigenvalue weighted by Gasteiger charge is -2.12. The minimum atomic E-state index is -0.439. The van der Waals surface area contributed by atoms with Gasteiger partial charge in [0.05, 0.1) is 5.69 Å². The van der Waals surface area contributed by atoms with Gasteiger partial charge in [0.2, 0.25) is 11.3 Å². The van der Waals surface area contributed by atoms with E-state index in [9.17, 15) is 9.50 Å². The van der Waals surface area contributed by atoms with E-state index in [1.807, 2.05) is 0 Å². The zero-order valence-electron chi connectivity index (χ0n) is 12.6. The van der Waals surface area contributed by atoms with Crippen LogP contribution in [0, 0.1) is 5.82 Å². The molecule has 0 saturated heterocycles. The molecule has 2 heterocycles. The second-order valence-corrected chi connectivity index (χ2v) is 5.11. The topological polar surface area (TPSA) is 109 Å². The minimum Gasteiger partial charge on any atom is -0.508 e. The number of aromatic hydroxyl groups is 1. The molecule has 4 rings (SSSR count). The number of fused-ring (bicyclic) bond motifs is 1. The van der Waals surface area contributed by atoms with E-state index in [0.717, 1.165) is 0 Å². The monoisotopic (exact) mass is 338 g/mol. The third kappa shape index (κ3) is 3.02. The lowest BCUT2D eigenvalue weighted by atomic mass is 10.3. The number of benzene rings is 2. The highest BCUT2D eigenvalue weighted by Gasteiger charge is 2.14. The third-order valence-electron chi connectivity index (χ3n) is 3.35. The lowest BCUT2D eigenvalue weighted by Crippen LogP contribution is -2.04. The molecule has 2 aromatic carbocycles. The predicted molar refractivity (Wildman–Crippen MR) is 88.5 cm³/mol. The Labute approximate surface area is 140 Å². The molecule has 0 amide bonds. The number of hydrogen-bond donors (Lipinski definition) is 3. The summed E-state index contributed by atoms with van der Waals surface area (Å²) in [6.07, 6.45) is 0. The molecule has 0 spiro atoms. The Morgan fingerprint density at radius 2 is 1.60 bits per heavy atom. The van der Waals surface area contributed by atoms with Crippen molar-refractivity contribution in [3.63, 3.8) is 0 Å². The van der Waals surface area contributed by atoms with Gasteiger partial charge in [-0.15, -0.1) is 0 Å². The Balaban J connectivity index is 1.77. The van der Waals surface area contributed by atoms with Crippen molar-refractivity contribution in [2.24, 2.45) is 0 Å². The van der Waals surface area contributed by atoms with Crippen molar-refractivity contribution < 1.29 is 14.1 Å². The van der Waals surface area contributed by atoms with Crippen LogP contribution in [-0.2, 0) is 0 Å². The van der Waals surface area contributed by atoms with Gasteiger partial charge in [0.1, 0.15) is 11.6 Å². The molecule has 124 valence electrons. The number of aromatic nitrogens is 4. The minimum absolute atomic E-state index is 0.0887. The number of nitrogens with zero attached hydrogens (tertiary/aromatic N) is 4. The summed E-state index contributed by atoms with van der Waals surface area (Å²) in [5, 5.41) is 22.8. The molecule has 0 aliphatic rings. The molecule has 0 saturated carbocycles. The quantitative estimate of drug-likeness (QED) is 0.520. The van der Waals surface area contributed by atoms with E-state index in [0.29, 0.717) is 5.69 Å². The van der Waals surface area contributed by atoms with E-state index in [1.54, 1.807) is 36.4 Å². The summed E-state index contributed by atoms with van der Waals surface area (Å²) in [7, 11) is 0. The number of anilines is 4. The molecule has 0 aliphatic carbocycles. The number of nitrogens with one attached hydrogen (secondary N) is 2. The zero-order valence-corrected chi connectivity index (χ0v) is 12.6. The second-order valence-electron chi connectivity index (χ2n) is 5.11. The van der Waals surface area contributed by atoms with E-state index in [-0.39, 0.29) is 34.4 Å². The second kappa shape index (κ2) is 6.04. The fourth-order valence-corrected chi connectivity index (χ4v) is 2.22. The number of para-hydroxylation sites is 1. The van der Waals surface area contributed by atoms with Crippen LogP contribution in [0.5, 0.6) is 5.75 Å². The Kier molecular flexibility index (Phi) is 3.58. The molecular formula is C16H11FN6O2. The van der Waals surface area contributed by atoms with Crippen LogP contribution in [0.25, 0.3) is 11.3 Å². The smallest absolute Gasteiger partial charge is 0.245 e. The van der Waals surface area contributed by atoms with Crippen molar-refractivity contribution in [3.05, 3.63) is 54.3 Å². The van der Waals surface area contributed by atoms with E-state index in [4.69, 9.17) is 0 Å². The summed E-state index contributed by atoms with van der Waals surface area (Å²) in [6.45, 7) is 0. The van der Waals surface area contributed by atoms with Crippen LogP contribution in [0.1, 0.15) is 0 Å². The van der Waals surface area contributed by atoms with Crippen molar-refractivity contribution in [1.82, 2.24) is 20.3 Å². The molecule has 0 atom stereocenters. The maximum absolute atomic E-state index is 13.9. The van der Waals surface area contributed by atoms with Gasteiger partial charge in [0.25, 0.3) is 0 Å². The first kappa shape index (κ1) is 14.8. The van der Waals surface area contributed by atoms with Crippen molar-refractivity contribution in [2.45, 2.75) is 0 Å². The molecule has 0 radical (unpaired) electrons. The maximum Gasteiger partial charge on any atom is 0.245 e. The number of halogens is 1. The highest BCUT2D eigenvalue weighted by molar-refractivity contribution is 5.79. The van der Waals surface area contributed by atoms with Gasteiger partial charge in [-0.2, -0.15) is 0 Å². The van der Waals surface area contributed by atoms with Crippen LogP contribution in [-0.4, -0.2) is 25.4 Å². The van der Waals surface area contributed by atoms with Gasteiger partial charge in [0, 0.05) is 11.8 Å². The molecule has 8 nitrogen and oxygen atoms in total. The molecular weight excluding hydrogens is 327 g/mol. The third-order valence-corrected chi connectivity index (χ3v) is 3.35. The molecule has 25 heavy (non-hydrogen) atoms. The molecule has 0 unspecified atom stereocenters. The Morgan fingerprint density at radius 1 is 0.880 bits per heavy atom. The average Bonchev–Trinajstić information content (AvgIpc) is 3.04. The SMILES string of the molecule is Oc1cccc(Nc2nc3nonc3nc2Nc2ccccc2F)c1. The van der Waals surface area contributed by atoms with Crippen molar-refractivity contribution in [3.8, 4) is 5.75 Å². The zero-order chi connectivity index (χ0) is 17.2. The van der Waals surface area contributed by atoms with Crippen molar-refractivity contribution >= 4 is 34.3 Å². The molecule has 2 aromatic heterocycles. The van der Waals surface area contributed by atoms with Gasteiger partial charge in [-0.3, -0.25) is 0 Å². The van der Waals surface area contributed by atoms with Gasteiger partial charge in [-0.05, 0) is 34.6 Å². The summed E-state index contributed by atoms with van der Waals surface area (Å²) in [5.41, 5.74) is 1.18. The maximum atomic E-state index is 13.9. The van der Waals surface area contributed by atoms with Gasteiger partial charge in [-0.1, -0.05) is 18.2 Å². The summed E-state index contributed by atoms with van der Waals surface area (Å²) >= 11 is 0. The summed E-state index contributed by atoms with van der Waals surface area (Å²) < 4.78 is 18.6. The fourth-order valence-electron chi connectivity index (χ4n) is 2.22. The van der Waals surface area contributed by atoms with Gasteiger partial charge >= 0.3 is 0 Å². The largest absolute Gasteiger partial charge is 0.508 e. The van der Waals surface area contributed by atoms with E-state index in [2.05, 4.69) is 35.5 Å². The highest BCUT2D eigenvalue weighted by atomic mass is 19.1. The van der Waals surface area contributed by atoms with Crippen molar-refractivity contribution in [2.75, 3.05) is 10.6 Å². The van der Waals surface area contributed by atoms with Gasteiger partial charge < -0.3 is 15.7 Å². The van der Waals surface area contributed by atoms with E-state index >= 15 is 0 Å². The van der Waals surface area contributed by atoms with Gasteiger partial charge in [-0.25, -0.2) is 19.0 Å². The Hall–Kier alpha value is -3.75. The van der Waals surface area contributed by atoms with Crippen molar-refractivity contribution in [1.29, 1.82) is 0 Å². The summed E-state index contributed by atoms with van der Waals surface area (Å²) in [6, 6.07) is 12.6.